The quantitative estimate of drug-likeness (QED) is 0.728. The summed E-state index contributed by atoms with van der Waals surface area (Å²) in [7, 11) is 0. The second-order valence-corrected chi connectivity index (χ2v) is 5.49. The molecular weight excluding hydrogens is 320 g/mol. The van der Waals surface area contributed by atoms with E-state index in [0.29, 0.717) is 15.5 Å². The van der Waals surface area contributed by atoms with Gasteiger partial charge in [0, 0.05) is 6.07 Å². The highest BCUT2D eigenvalue weighted by atomic mass is 35.5. The van der Waals surface area contributed by atoms with Crippen LogP contribution in [0.3, 0.4) is 0 Å². The van der Waals surface area contributed by atoms with Crippen LogP contribution in [-0.2, 0) is 0 Å². The van der Waals surface area contributed by atoms with Gasteiger partial charge >= 0.3 is 0 Å². The summed E-state index contributed by atoms with van der Waals surface area (Å²) in [6.45, 7) is 0. The van der Waals surface area contributed by atoms with Crippen LogP contribution in [0.15, 0.2) is 30.5 Å². The number of nitrogens with one attached hydrogen (secondary N) is 1. The van der Waals surface area contributed by atoms with Crippen LogP contribution in [0.2, 0.25) is 5.15 Å². The lowest BCUT2D eigenvalue weighted by atomic mass is 10.3. The number of pyridine rings is 1. The van der Waals surface area contributed by atoms with Crippen molar-refractivity contribution in [2.75, 3.05) is 5.32 Å². The minimum absolute atomic E-state index is 0.102. The van der Waals surface area contributed by atoms with E-state index in [4.69, 9.17) is 11.6 Å². The summed E-state index contributed by atoms with van der Waals surface area (Å²) >= 11 is 6.62. The molecule has 0 saturated carbocycles. The van der Waals surface area contributed by atoms with E-state index in [1.165, 1.54) is 12.3 Å². The Labute approximate surface area is 126 Å². The van der Waals surface area contributed by atoms with Gasteiger partial charge in [0.2, 0.25) is 0 Å². The van der Waals surface area contributed by atoms with Crippen LogP contribution < -0.4 is 5.32 Å². The summed E-state index contributed by atoms with van der Waals surface area (Å²) in [5.74, 6) is -2.46. The van der Waals surface area contributed by atoms with Crippen molar-refractivity contribution in [2.24, 2.45) is 0 Å². The molecule has 1 N–H and O–H groups in total. The zero-order valence-electron chi connectivity index (χ0n) is 10.2. The normalized spacial score (nSPS) is 10.8. The van der Waals surface area contributed by atoms with Gasteiger partial charge in [-0.2, -0.15) is 0 Å². The molecule has 106 valence electrons. The highest BCUT2D eigenvalue weighted by Gasteiger charge is 2.15. The summed E-state index contributed by atoms with van der Waals surface area (Å²) in [5.41, 5.74) is 0.680. The number of carbonyl (C=O) groups is 1. The van der Waals surface area contributed by atoms with Crippen molar-refractivity contribution >= 4 is 44.7 Å². The van der Waals surface area contributed by atoms with E-state index in [2.05, 4.69) is 15.3 Å². The second kappa shape index (κ2) is 5.34. The molecule has 2 heterocycles. The fourth-order valence-electron chi connectivity index (χ4n) is 1.66. The third kappa shape index (κ3) is 2.84. The SMILES string of the molecule is O=C(Nc1ccc(Cl)nc1)c1nc2cc(F)c(F)cc2s1. The van der Waals surface area contributed by atoms with E-state index in [9.17, 15) is 13.6 Å². The summed E-state index contributed by atoms with van der Waals surface area (Å²) < 4.78 is 26.6. The average Bonchev–Trinajstić information content (AvgIpc) is 2.85. The number of carbonyl (C=O) groups excluding carboxylic acids is 1. The Kier molecular flexibility index (Phi) is 3.52. The Balaban J connectivity index is 1.89. The number of amides is 1. The van der Waals surface area contributed by atoms with Crippen molar-refractivity contribution in [3.63, 3.8) is 0 Å². The van der Waals surface area contributed by atoms with E-state index in [-0.39, 0.29) is 10.5 Å². The molecule has 0 atom stereocenters. The van der Waals surface area contributed by atoms with Gasteiger partial charge in [-0.1, -0.05) is 11.6 Å². The first-order valence-corrected chi connectivity index (χ1v) is 6.91. The van der Waals surface area contributed by atoms with Gasteiger partial charge in [0.15, 0.2) is 16.6 Å². The molecule has 0 aliphatic rings. The molecule has 2 aromatic heterocycles. The van der Waals surface area contributed by atoms with E-state index < -0.39 is 17.5 Å². The van der Waals surface area contributed by atoms with Crippen LogP contribution in [0.1, 0.15) is 9.80 Å². The number of hydrogen-bond donors (Lipinski definition) is 1. The Morgan fingerprint density at radius 1 is 1.24 bits per heavy atom. The number of thiazole rings is 1. The molecule has 3 aromatic rings. The smallest absolute Gasteiger partial charge is 0.284 e. The highest BCUT2D eigenvalue weighted by Crippen LogP contribution is 2.25. The zero-order chi connectivity index (χ0) is 15.0. The largest absolute Gasteiger partial charge is 0.319 e. The van der Waals surface area contributed by atoms with E-state index in [0.717, 1.165) is 23.5 Å². The first-order chi connectivity index (χ1) is 10.0. The molecule has 0 spiro atoms. The van der Waals surface area contributed by atoms with E-state index in [1.54, 1.807) is 6.07 Å². The lowest BCUT2D eigenvalue weighted by molar-refractivity contribution is 0.102. The molecule has 0 saturated heterocycles. The van der Waals surface area contributed by atoms with Crippen LogP contribution in [0.25, 0.3) is 10.2 Å². The number of halogens is 3. The maximum Gasteiger partial charge on any atom is 0.284 e. The third-order valence-electron chi connectivity index (χ3n) is 2.61. The van der Waals surface area contributed by atoms with Gasteiger partial charge in [0.1, 0.15) is 5.15 Å². The number of fused-ring (bicyclic) bond motifs is 1. The molecule has 4 nitrogen and oxygen atoms in total. The fraction of sp³-hybridized carbons (Fsp3) is 0. The number of rotatable bonds is 2. The molecular formula is C13H6ClF2N3OS. The third-order valence-corrected chi connectivity index (χ3v) is 3.85. The number of anilines is 1. The molecule has 21 heavy (non-hydrogen) atoms. The summed E-state index contributed by atoms with van der Waals surface area (Å²) in [4.78, 5) is 19.8. The van der Waals surface area contributed by atoms with Crippen LogP contribution >= 0.6 is 22.9 Å². The summed E-state index contributed by atoms with van der Waals surface area (Å²) in [6, 6.07) is 5.09. The molecule has 1 amide bonds. The number of benzene rings is 1. The summed E-state index contributed by atoms with van der Waals surface area (Å²) in [6.07, 6.45) is 1.40. The van der Waals surface area contributed by atoms with Gasteiger partial charge in [-0.05, 0) is 18.2 Å². The number of nitrogens with zero attached hydrogens (tertiary/aromatic N) is 2. The van der Waals surface area contributed by atoms with Gasteiger partial charge in [0.25, 0.3) is 5.91 Å². The maximum atomic E-state index is 13.1. The molecule has 3 rings (SSSR count). The van der Waals surface area contributed by atoms with Crippen LogP contribution in [-0.4, -0.2) is 15.9 Å². The predicted molar refractivity (Wildman–Crippen MR) is 76.7 cm³/mol. The van der Waals surface area contributed by atoms with Gasteiger partial charge in [-0.25, -0.2) is 18.7 Å². The minimum atomic E-state index is -0.998. The fourth-order valence-corrected chi connectivity index (χ4v) is 2.63. The zero-order valence-corrected chi connectivity index (χ0v) is 11.8. The van der Waals surface area contributed by atoms with Crippen LogP contribution in [0.5, 0.6) is 0 Å². The Morgan fingerprint density at radius 3 is 2.71 bits per heavy atom. The van der Waals surface area contributed by atoms with Gasteiger partial charge in [-0.15, -0.1) is 11.3 Å². The molecule has 0 radical (unpaired) electrons. The van der Waals surface area contributed by atoms with Crippen molar-refractivity contribution in [1.29, 1.82) is 0 Å². The Morgan fingerprint density at radius 2 is 2.00 bits per heavy atom. The maximum absolute atomic E-state index is 13.1. The van der Waals surface area contributed by atoms with Crippen molar-refractivity contribution in [1.82, 2.24) is 9.97 Å². The van der Waals surface area contributed by atoms with Crippen LogP contribution in [0.4, 0.5) is 14.5 Å². The van der Waals surface area contributed by atoms with Crippen molar-refractivity contribution in [3.05, 3.63) is 52.3 Å². The molecule has 0 bridgehead atoms. The number of aromatic nitrogens is 2. The monoisotopic (exact) mass is 325 g/mol. The molecule has 0 aliphatic heterocycles. The molecule has 0 fully saturated rings. The lowest BCUT2D eigenvalue weighted by Crippen LogP contribution is -2.11. The van der Waals surface area contributed by atoms with E-state index in [1.807, 2.05) is 0 Å². The minimum Gasteiger partial charge on any atom is -0.319 e. The lowest BCUT2D eigenvalue weighted by Gasteiger charge is -2.01. The van der Waals surface area contributed by atoms with E-state index >= 15 is 0 Å². The van der Waals surface area contributed by atoms with Gasteiger partial charge < -0.3 is 5.32 Å². The summed E-state index contributed by atoms with van der Waals surface area (Å²) in [5, 5.41) is 2.98. The first kappa shape index (κ1) is 13.8. The first-order valence-electron chi connectivity index (χ1n) is 5.71. The molecule has 1 aromatic carbocycles. The van der Waals surface area contributed by atoms with Gasteiger partial charge in [0.05, 0.1) is 22.1 Å². The van der Waals surface area contributed by atoms with Gasteiger partial charge in [-0.3, -0.25) is 4.79 Å². The number of hydrogen-bond acceptors (Lipinski definition) is 4. The molecule has 0 aliphatic carbocycles. The topological polar surface area (TPSA) is 54.9 Å². The van der Waals surface area contributed by atoms with Crippen LogP contribution in [0, 0.1) is 11.6 Å². The molecule has 8 heteroatoms. The highest BCUT2D eigenvalue weighted by molar-refractivity contribution is 7.20. The predicted octanol–water partition coefficient (Wildman–Crippen LogP) is 3.88. The van der Waals surface area contributed by atoms with Crippen molar-refractivity contribution < 1.29 is 13.6 Å². The van der Waals surface area contributed by atoms with Crippen molar-refractivity contribution in [2.45, 2.75) is 0 Å². The Hall–Kier alpha value is -2.12. The molecule has 0 unspecified atom stereocenters. The standard InChI is InChI=1S/C13H6ClF2N3OS/c14-11-2-1-6(5-17-11)18-12(20)13-19-9-3-7(15)8(16)4-10(9)21-13/h1-5H,(H,18,20). The average molecular weight is 326 g/mol. The Bertz CT molecular complexity index is 796. The second-order valence-electron chi connectivity index (χ2n) is 4.08. The van der Waals surface area contributed by atoms with Crippen molar-refractivity contribution in [3.8, 4) is 0 Å².